The van der Waals surface area contributed by atoms with Crippen LogP contribution in [0.3, 0.4) is 0 Å². The second-order valence-electron chi connectivity index (χ2n) is 7.89. The lowest BCUT2D eigenvalue weighted by atomic mass is 9.90. The summed E-state index contributed by atoms with van der Waals surface area (Å²) in [4.78, 5) is 2.34. The molecule has 4 rings (SSSR count). The molecule has 8 heteroatoms. The maximum atomic E-state index is 14.4. The molecule has 2 aromatic carbocycles. The number of halogens is 2. The third kappa shape index (κ3) is 4.27. The van der Waals surface area contributed by atoms with Crippen LogP contribution in [0.5, 0.6) is 17.2 Å². The zero-order valence-electron chi connectivity index (χ0n) is 18.5. The molecule has 170 valence electrons. The molecule has 1 aliphatic rings. The fraction of sp³-hybridized carbons (Fsp3) is 0.375. The molecule has 1 N–H and O–H groups in total. The van der Waals surface area contributed by atoms with Crippen LogP contribution in [0.2, 0.25) is 0 Å². The first kappa shape index (κ1) is 22.1. The molecule has 1 aromatic heterocycles. The summed E-state index contributed by atoms with van der Waals surface area (Å²) in [6.45, 7) is 2.38. The number of hydrogen-bond acceptors (Lipinski definition) is 5. The fourth-order valence-electron chi connectivity index (χ4n) is 4.49. The van der Waals surface area contributed by atoms with E-state index in [1.54, 1.807) is 27.5 Å². The van der Waals surface area contributed by atoms with E-state index in [1.165, 1.54) is 12.1 Å². The van der Waals surface area contributed by atoms with E-state index in [1.807, 2.05) is 12.1 Å². The second kappa shape index (κ2) is 9.56. The highest BCUT2D eigenvalue weighted by Crippen LogP contribution is 2.41. The number of likely N-dealkylation sites (tertiary alicyclic amines) is 1. The first-order chi connectivity index (χ1) is 15.5. The Bertz CT molecular complexity index is 1090. The molecule has 0 saturated carbocycles. The van der Waals surface area contributed by atoms with E-state index in [-0.39, 0.29) is 5.92 Å². The van der Waals surface area contributed by atoms with Crippen LogP contribution in [0.15, 0.2) is 36.5 Å². The first-order valence-electron chi connectivity index (χ1n) is 10.5. The highest BCUT2D eigenvalue weighted by atomic mass is 19.1. The Kier molecular flexibility index (Phi) is 6.60. The molecule has 0 spiro atoms. The van der Waals surface area contributed by atoms with Crippen LogP contribution >= 0.6 is 0 Å². The normalized spacial score (nSPS) is 16.7. The standard InChI is InChI=1S/C24H27F2N3O3/c1-30-21-9-6-16(23(31-2)24(21)32-3)14-29-10-4-5-15(13-29)22-19(12-27-28-22)18-8-7-17(25)11-20(18)26/h6-9,11-12,15H,4-5,10,13-14H2,1-3H3,(H,27,28)/t15-/m0/s1. The van der Waals surface area contributed by atoms with Crippen molar-refractivity contribution in [3.63, 3.8) is 0 Å². The SMILES string of the molecule is COc1ccc(CN2CCC[C@H](c3[nH]ncc3-c3ccc(F)cc3F)C2)c(OC)c1OC. The van der Waals surface area contributed by atoms with Gasteiger partial charge in [0.15, 0.2) is 11.5 Å². The number of rotatable bonds is 7. The van der Waals surface area contributed by atoms with Gasteiger partial charge in [0.05, 0.1) is 27.5 Å². The highest BCUT2D eigenvalue weighted by Gasteiger charge is 2.27. The summed E-state index contributed by atoms with van der Waals surface area (Å²) in [5.41, 5.74) is 2.91. The van der Waals surface area contributed by atoms with Gasteiger partial charge in [-0.2, -0.15) is 5.10 Å². The lowest BCUT2D eigenvalue weighted by molar-refractivity contribution is 0.195. The summed E-state index contributed by atoms with van der Waals surface area (Å²) < 4.78 is 44.3. The first-order valence-corrected chi connectivity index (χ1v) is 10.5. The zero-order chi connectivity index (χ0) is 22.7. The van der Waals surface area contributed by atoms with E-state index >= 15 is 0 Å². The summed E-state index contributed by atoms with van der Waals surface area (Å²) in [6, 6.07) is 7.50. The van der Waals surface area contributed by atoms with Crippen LogP contribution in [0, 0.1) is 11.6 Å². The minimum atomic E-state index is -0.594. The number of ether oxygens (including phenoxy) is 3. The lowest BCUT2D eigenvalue weighted by Crippen LogP contribution is -2.34. The Morgan fingerprint density at radius 2 is 1.84 bits per heavy atom. The molecule has 32 heavy (non-hydrogen) atoms. The average Bonchev–Trinajstić information content (AvgIpc) is 3.28. The number of benzene rings is 2. The summed E-state index contributed by atoms with van der Waals surface area (Å²) >= 11 is 0. The van der Waals surface area contributed by atoms with Crippen LogP contribution in [-0.4, -0.2) is 49.5 Å². The van der Waals surface area contributed by atoms with E-state index in [2.05, 4.69) is 15.1 Å². The molecule has 0 aliphatic carbocycles. The van der Waals surface area contributed by atoms with E-state index in [0.29, 0.717) is 34.9 Å². The third-order valence-corrected chi connectivity index (χ3v) is 5.98. The molecule has 1 fully saturated rings. The number of nitrogens with one attached hydrogen (secondary N) is 1. The lowest BCUT2D eigenvalue weighted by Gasteiger charge is -2.33. The number of aromatic amines is 1. The second-order valence-corrected chi connectivity index (χ2v) is 7.89. The van der Waals surface area contributed by atoms with Crippen molar-refractivity contribution < 1.29 is 23.0 Å². The zero-order valence-corrected chi connectivity index (χ0v) is 18.5. The molecule has 1 saturated heterocycles. The van der Waals surface area contributed by atoms with Crippen molar-refractivity contribution >= 4 is 0 Å². The molecule has 1 atom stereocenters. The van der Waals surface area contributed by atoms with Crippen LogP contribution < -0.4 is 14.2 Å². The molecule has 3 aromatic rings. The van der Waals surface area contributed by atoms with Gasteiger partial charge in [0, 0.05) is 47.5 Å². The van der Waals surface area contributed by atoms with E-state index in [9.17, 15) is 8.78 Å². The molecular formula is C24H27F2N3O3. The molecule has 0 amide bonds. The van der Waals surface area contributed by atoms with Crippen LogP contribution in [0.4, 0.5) is 8.78 Å². The summed E-state index contributed by atoms with van der Waals surface area (Å²) in [5, 5.41) is 7.22. The van der Waals surface area contributed by atoms with Gasteiger partial charge < -0.3 is 14.2 Å². The fourth-order valence-corrected chi connectivity index (χ4v) is 4.49. The maximum absolute atomic E-state index is 14.4. The van der Waals surface area contributed by atoms with Crippen LogP contribution in [0.25, 0.3) is 11.1 Å². The van der Waals surface area contributed by atoms with Crippen LogP contribution in [-0.2, 0) is 6.54 Å². The summed E-state index contributed by atoms with van der Waals surface area (Å²) in [5.74, 6) is 0.817. The number of nitrogens with zero attached hydrogens (tertiary/aromatic N) is 2. The van der Waals surface area contributed by atoms with Crippen molar-refractivity contribution in [2.24, 2.45) is 0 Å². The van der Waals surface area contributed by atoms with E-state index in [4.69, 9.17) is 14.2 Å². The van der Waals surface area contributed by atoms with Crippen molar-refractivity contribution in [3.05, 3.63) is 59.4 Å². The monoisotopic (exact) mass is 443 g/mol. The molecule has 1 aliphatic heterocycles. The molecule has 0 bridgehead atoms. The van der Waals surface area contributed by atoms with Gasteiger partial charge >= 0.3 is 0 Å². The third-order valence-electron chi connectivity index (χ3n) is 5.98. The van der Waals surface area contributed by atoms with Crippen molar-refractivity contribution in [2.45, 2.75) is 25.3 Å². The number of aromatic nitrogens is 2. The van der Waals surface area contributed by atoms with Gasteiger partial charge in [-0.1, -0.05) is 6.07 Å². The van der Waals surface area contributed by atoms with Gasteiger partial charge in [0.2, 0.25) is 5.75 Å². The predicted molar refractivity (Wildman–Crippen MR) is 117 cm³/mol. The number of H-pyrrole nitrogens is 1. The predicted octanol–water partition coefficient (Wildman–Crippen LogP) is 4.76. The van der Waals surface area contributed by atoms with Crippen molar-refractivity contribution in [3.8, 4) is 28.4 Å². The van der Waals surface area contributed by atoms with Gasteiger partial charge in [-0.15, -0.1) is 0 Å². The Morgan fingerprint density at radius 1 is 1.03 bits per heavy atom. The maximum Gasteiger partial charge on any atom is 0.203 e. The smallest absolute Gasteiger partial charge is 0.203 e. The molecular weight excluding hydrogens is 416 g/mol. The Labute approximate surface area is 186 Å². The van der Waals surface area contributed by atoms with Gasteiger partial charge in [-0.05, 0) is 37.6 Å². The van der Waals surface area contributed by atoms with Gasteiger partial charge in [-0.25, -0.2) is 8.78 Å². The van der Waals surface area contributed by atoms with Crippen LogP contribution in [0.1, 0.15) is 30.0 Å². The van der Waals surface area contributed by atoms with Crippen molar-refractivity contribution in [1.29, 1.82) is 0 Å². The number of piperidine rings is 1. The molecule has 6 nitrogen and oxygen atoms in total. The highest BCUT2D eigenvalue weighted by molar-refractivity contribution is 5.66. The molecule has 2 heterocycles. The topological polar surface area (TPSA) is 59.6 Å². The average molecular weight is 443 g/mol. The summed E-state index contributed by atoms with van der Waals surface area (Å²) in [7, 11) is 4.81. The minimum Gasteiger partial charge on any atom is -0.493 e. The molecule has 0 unspecified atom stereocenters. The quantitative estimate of drug-likeness (QED) is 0.571. The molecule has 0 radical (unpaired) electrons. The Balaban J connectivity index is 1.57. The van der Waals surface area contributed by atoms with Gasteiger partial charge in [0.1, 0.15) is 11.6 Å². The Morgan fingerprint density at radius 3 is 2.56 bits per heavy atom. The van der Waals surface area contributed by atoms with Crippen molar-refractivity contribution in [2.75, 3.05) is 34.4 Å². The minimum absolute atomic E-state index is 0.150. The van der Waals surface area contributed by atoms with E-state index < -0.39 is 11.6 Å². The van der Waals surface area contributed by atoms with Gasteiger partial charge in [-0.3, -0.25) is 10.00 Å². The van der Waals surface area contributed by atoms with E-state index in [0.717, 1.165) is 43.3 Å². The largest absolute Gasteiger partial charge is 0.493 e. The number of hydrogen-bond donors (Lipinski definition) is 1. The van der Waals surface area contributed by atoms with Crippen molar-refractivity contribution in [1.82, 2.24) is 15.1 Å². The van der Waals surface area contributed by atoms with Gasteiger partial charge in [0.25, 0.3) is 0 Å². The Hall–Kier alpha value is -3.13. The summed E-state index contributed by atoms with van der Waals surface area (Å²) in [6.07, 6.45) is 3.56. The number of methoxy groups -OCH3 is 3.